The van der Waals surface area contributed by atoms with Crippen LogP contribution in [-0.2, 0) is 10.0 Å². The molecule has 6 nitrogen and oxygen atoms in total. The summed E-state index contributed by atoms with van der Waals surface area (Å²) in [4.78, 5) is 4.86. The zero-order valence-electron chi connectivity index (χ0n) is 16.0. The molecule has 0 amide bonds. The van der Waals surface area contributed by atoms with E-state index in [0.717, 1.165) is 29.5 Å². The lowest BCUT2D eigenvalue weighted by Crippen LogP contribution is -2.39. The molecule has 146 valence electrons. The van der Waals surface area contributed by atoms with Crippen LogP contribution in [0.4, 0.5) is 0 Å². The number of aryl methyl sites for hydroxylation is 2. The van der Waals surface area contributed by atoms with Gasteiger partial charge in [-0.2, -0.15) is 9.29 Å². The fourth-order valence-electron chi connectivity index (χ4n) is 3.44. The number of rotatable bonds is 4. The van der Waals surface area contributed by atoms with Crippen LogP contribution in [0.15, 0.2) is 57.9 Å². The molecule has 1 aliphatic rings. The van der Waals surface area contributed by atoms with Gasteiger partial charge < -0.3 is 4.52 Å². The predicted octanol–water partition coefficient (Wildman–Crippen LogP) is 3.92. The first kappa shape index (κ1) is 18.8. The number of benzene rings is 2. The number of nitrogens with zero attached hydrogens (tertiary/aromatic N) is 3. The van der Waals surface area contributed by atoms with Crippen LogP contribution in [0, 0.1) is 13.8 Å². The second-order valence-electron chi connectivity index (χ2n) is 7.34. The van der Waals surface area contributed by atoms with Crippen LogP contribution in [-0.4, -0.2) is 36.0 Å². The highest BCUT2D eigenvalue weighted by Gasteiger charge is 2.33. The molecule has 28 heavy (non-hydrogen) atoms. The number of hydrogen-bond donors (Lipinski definition) is 0. The van der Waals surface area contributed by atoms with Crippen LogP contribution in [0.25, 0.3) is 11.4 Å². The summed E-state index contributed by atoms with van der Waals surface area (Å²) in [5.74, 6) is 0.938. The van der Waals surface area contributed by atoms with Crippen molar-refractivity contribution in [2.75, 3.05) is 13.1 Å². The van der Waals surface area contributed by atoms with Gasteiger partial charge in [0.05, 0.1) is 10.8 Å². The SMILES string of the molecule is Cc1ccc(-c2noc([C@@H]3CCCN(S(=O)(=O)c4ccc(C)cc4)C3)n2)cc1. The van der Waals surface area contributed by atoms with E-state index in [2.05, 4.69) is 10.1 Å². The van der Waals surface area contributed by atoms with Crippen LogP contribution in [0.3, 0.4) is 0 Å². The average molecular weight is 398 g/mol. The Morgan fingerprint density at radius 3 is 2.32 bits per heavy atom. The molecule has 0 N–H and O–H groups in total. The minimum Gasteiger partial charge on any atom is -0.339 e. The third kappa shape index (κ3) is 3.72. The molecular weight excluding hydrogens is 374 g/mol. The van der Waals surface area contributed by atoms with E-state index in [1.54, 1.807) is 12.1 Å². The average Bonchev–Trinajstić information content (AvgIpc) is 3.19. The quantitative estimate of drug-likeness (QED) is 0.667. The standard InChI is InChI=1S/C21H23N3O3S/c1-15-5-9-17(10-6-15)20-22-21(27-23-20)18-4-3-13-24(14-18)28(25,26)19-11-7-16(2)8-12-19/h5-12,18H,3-4,13-14H2,1-2H3/t18-/m1/s1. The Morgan fingerprint density at radius 1 is 1.00 bits per heavy atom. The van der Waals surface area contributed by atoms with Gasteiger partial charge in [0, 0.05) is 18.7 Å². The Morgan fingerprint density at radius 2 is 1.64 bits per heavy atom. The van der Waals surface area contributed by atoms with E-state index in [4.69, 9.17) is 4.52 Å². The van der Waals surface area contributed by atoms with Crippen molar-refractivity contribution in [1.82, 2.24) is 14.4 Å². The lowest BCUT2D eigenvalue weighted by Gasteiger charge is -2.30. The molecule has 3 aromatic rings. The predicted molar refractivity (Wildman–Crippen MR) is 106 cm³/mol. The first-order valence-electron chi connectivity index (χ1n) is 9.41. The van der Waals surface area contributed by atoms with E-state index >= 15 is 0 Å². The number of hydrogen-bond acceptors (Lipinski definition) is 5. The van der Waals surface area contributed by atoms with Gasteiger partial charge in [0.25, 0.3) is 0 Å². The molecule has 1 atom stereocenters. The van der Waals surface area contributed by atoms with Gasteiger partial charge in [-0.05, 0) is 38.8 Å². The molecule has 1 aliphatic heterocycles. The fourth-order valence-corrected chi connectivity index (χ4v) is 4.97. The first-order chi connectivity index (χ1) is 13.4. The topological polar surface area (TPSA) is 76.3 Å². The van der Waals surface area contributed by atoms with Crippen LogP contribution >= 0.6 is 0 Å². The molecule has 2 heterocycles. The molecule has 0 radical (unpaired) electrons. The van der Waals surface area contributed by atoms with Crippen molar-refractivity contribution in [3.05, 3.63) is 65.5 Å². The second kappa shape index (κ2) is 7.48. The molecule has 0 aliphatic carbocycles. The van der Waals surface area contributed by atoms with E-state index in [0.29, 0.717) is 29.7 Å². The first-order valence-corrected chi connectivity index (χ1v) is 10.8. The molecule has 4 rings (SSSR count). The minimum absolute atomic E-state index is 0.0966. The maximum Gasteiger partial charge on any atom is 0.243 e. The van der Waals surface area contributed by atoms with Crippen molar-refractivity contribution < 1.29 is 12.9 Å². The zero-order valence-corrected chi connectivity index (χ0v) is 16.8. The van der Waals surface area contributed by atoms with Crippen molar-refractivity contribution >= 4 is 10.0 Å². The smallest absolute Gasteiger partial charge is 0.243 e. The summed E-state index contributed by atoms with van der Waals surface area (Å²) in [6.45, 7) is 4.82. The van der Waals surface area contributed by atoms with Gasteiger partial charge >= 0.3 is 0 Å². The third-order valence-electron chi connectivity index (χ3n) is 5.14. The van der Waals surface area contributed by atoms with Crippen LogP contribution in [0.2, 0.25) is 0 Å². The molecule has 0 spiro atoms. The summed E-state index contributed by atoms with van der Waals surface area (Å²) in [6, 6.07) is 14.9. The van der Waals surface area contributed by atoms with Crippen molar-refractivity contribution in [3.8, 4) is 11.4 Å². The Bertz CT molecular complexity index is 1060. The molecule has 1 saturated heterocycles. The summed E-state index contributed by atoms with van der Waals surface area (Å²) >= 11 is 0. The normalized spacial score (nSPS) is 18.3. The highest BCUT2D eigenvalue weighted by atomic mass is 32.2. The van der Waals surface area contributed by atoms with Gasteiger partial charge in [-0.3, -0.25) is 0 Å². The monoisotopic (exact) mass is 397 g/mol. The highest BCUT2D eigenvalue weighted by molar-refractivity contribution is 7.89. The third-order valence-corrected chi connectivity index (χ3v) is 7.02. The minimum atomic E-state index is -3.53. The Kier molecular flexibility index (Phi) is 5.03. The van der Waals surface area contributed by atoms with Crippen LogP contribution in [0.1, 0.15) is 35.8 Å². The molecule has 0 unspecified atom stereocenters. The summed E-state index contributed by atoms with van der Waals surface area (Å²) in [5, 5.41) is 4.09. The zero-order chi connectivity index (χ0) is 19.7. The van der Waals surface area contributed by atoms with E-state index in [1.807, 2.05) is 50.2 Å². The maximum atomic E-state index is 13.0. The summed E-state index contributed by atoms with van der Waals surface area (Å²) in [7, 11) is -3.53. The van der Waals surface area contributed by atoms with Gasteiger partial charge in [-0.15, -0.1) is 0 Å². The summed E-state index contributed by atoms with van der Waals surface area (Å²) in [6.07, 6.45) is 1.59. The van der Waals surface area contributed by atoms with E-state index < -0.39 is 10.0 Å². The number of piperidine rings is 1. The number of sulfonamides is 1. The van der Waals surface area contributed by atoms with E-state index in [9.17, 15) is 8.42 Å². The van der Waals surface area contributed by atoms with Crippen LogP contribution < -0.4 is 0 Å². The van der Waals surface area contributed by atoms with Gasteiger partial charge in [0.1, 0.15) is 0 Å². The molecule has 1 fully saturated rings. The molecule has 0 bridgehead atoms. The second-order valence-corrected chi connectivity index (χ2v) is 9.28. The van der Waals surface area contributed by atoms with E-state index in [1.165, 1.54) is 4.31 Å². The molecule has 7 heteroatoms. The Hall–Kier alpha value is -2.51. The van der Waals surface area contributed by atoms with Gasteiger partial charge in [0.2, 0.25) is 21.7 Å². The fraction of sp³-hybridized carbons (Fsp3) is 0.333. The summed E-state index contributed by atoms with van der Waals surface area (Å²) in [5.41, 5.74) is 3.09. The summed E-state index contributed by atoms with van der Waals surface area (Å²) < 4.78 is 33.0. The molecule has 0 saturated carbocycles. The van der Waals surface area contributed by atoms with Crippen molar-refractivity contribution in [2.24, 2.45) is 0 Å². The van der Waals surface area contributed by atoms with Crippen molar-refractivity contribution in [2.45, 2.75) is 37.5 Å². The molecule has 2 aromatic carbocycles. The van der Waals surface area contributed by atoms with Crippen molar-refractivity contribution in [1.29, 1.82) is 0 Å². The van der Waals surface area contributed by atoms with Gasteiger partial charge in [-0.1, -0.05) is 52.7 Å². The Labute approximate surface area is 165 Å². The van der Waals surface area contributed by atoms with Crippen molar-refractivity contribution in [3.63, 3.8) is 0 Å². The molecule has 1 aromatic heterocycles. The number of aromatic nitrogens is 2. The highest BCUT2D eigenvalue weighted by Crippen LogP contribution is 2.30. The largest absolute Gasteiger partial charge is 0.339 e. The lowest BCUT2D eigenvalue weighted by atomic mass is 10.00. The molecular formula is C21H23N3O3S. The lowest BCUT2D eigenvalue weighted by molar-refractivity contribution is 0.265. The van der Waals surface area contributed by atoms with Gasteiger partial charge in [0.15, 0.2) is 0 Å². The van der Waals surface area contributed by atoms with E-state index in [-0.39, 0.29) is 5.92 Å². The van der Waals surface area contributed by atoms with Gasteiger partial charge in [-0.25, -0.2) is 8.42 Å². The van der Waals surface area contributed by atoms with Crippen LogP contribution in [0.5, 0.6) is 0 Å². The maximum absolute atomic E-state index is 13.0. The Balaban J connectivity index is 1.54.